The van der Waals surface area contributed by atoms with Crippen molar-refractivity contribution in [3.8, 4) is 5.75 Å². The largest absolute Gasteiger partial charge is 0.493 e. The smallest absolute Gasteiger partial charge is 0.125 e. The van der Waals surface area contributed by atoms with Crippen molar-refractivity contribution >= 4 is 0 Å². The van der Waals surface area contributed by atoms with Crippen LogP contribution in [0, 0.1) is 6.92 Å². The average molecular weight is 263 g/mol. The molecule has 3 nitrogen and oxygen atoms in total. The van der Waals surface area contributed by atoms with Gasteiger partial charge in [-0.1, -0.05) is 11.6 Å². The number of hydrogen-bond acceptors (Lipinski definition) is 3. The molecule has 1 aliphatic rings. The van der Waals surface area contributed by atoms with E-state index in [4.69, 9.17) is 4.74 Å². The molecule has 106 valence electrons. The molecular weight excluding hydrogens is 238 g/mol. The number of rotatable bonds is 6. The normalized spacial score (nSPS) is 17.6. The third-order valence-electron chi connectivity index (χ3n) is 3.69. The fourth-order valence-corrected chi connectivity index (χ4v) is 2.60. The second kappa shape index (κ2) is 6.92. The zero-order chi connectivity index (χ0) is 13.7. The number of aryl methyl sites for hydroxylation is 1. The van der Waals surface area contributed by atoms with E-state index < -0.39 is 6.10 Å². The van der Waals surface area contributed by atoms with E-state index >= 15 is 0 Å². The Kier molecular flexibility index (Phi) is 5.23. The molecule has 0 amide bonds. The first-order chi connectivity index (χ1) is 9.16. The summed E-state index contributed by atoms with van der Waals surface area (Å²) in [7, 11) is 0. The summed E-state index contributed by atoms with van der Waals surface area (Å²) in [5.41, 5.74) is 2.04. The lowest BCUT2D eigenvalue weighted by atomic mass is 10.1. The number of benzene rings is 1. The van der Waals surface area contributed by atoms with Crippen LogP contribution in [0.3, 0.4) is 0 Å². The monoisotopic (exact) mass is 263 g/mol. The van der Waals surface area contributed by atoms with Gasteiger partial charge in [0.05, 0.1) is 12.7 Å². The summed E-state index contributed by atoms with van der Waals surface area (Å²) in [6.07, 6.45) is 3.25. The summed E-state index contributed by atoms with van der Waals surface area (Å²) in [6, 6.07) is 6.00. The highest BCUT2D eigenvalue weighted by atomic mass is 16.5. The molecule has 1 N–H and O–H groups in total. The first-order valence-corrected chi connectivity index (χ1v) is 7.30. The minimum atomic E-state index is -0.478. The van der Waals surface area contributed by atoms with Gasteiger partial charge >= 0.3 is 0 Å². The highest BCUT2D eigenvalue weighted by Gasteiger charge is 2.12. The predicted octanol–water partition coefficient (Wildman–Crippen LogP) is 2.91. The van der Waals surface area contributed by atoms with Crippen LogP contribution < -0.4 is 4.74 Å². The molecule has 1 heterocycles. The van der Waals surface area contributed by atoms with Gasteiger partial charge in [0.25, 0.3) is 0 Å². The first-order valence-electron chi connectivity index (χ1n) is 7.30. The van der Waals surface area contributed by atoms with E-state index in [0.29, 0.717) is 0 Å². The molecule has 0 unspecified atom stereocenters. The lowest BCUT2D eigenvalue weighted by Gasteiger charge is -2.16. The standard InChI is InChI=1S/C16H25NO2/c1-13-6-7-16(15(12-13)14(2)18)19-11-5-10-17-8-3-4-9-17/h6-7,12,14,18H,3-5,8-11H2,1-2H3/t14-/m0/s1. The van der Waals surface area contributed by atoms with Crippen molar-refractivity contribution in [1.82, 2.24) is 4.90 Å². The van der Waals surface area contributed by atoms with Crippen molar-refractivity contribution < 1.29 is 9.84 Å². The molecule has 3 heteroatoms. The third-order valence-corrected chi connectivity index (χ3v) is 3.69. The van der Waals surface area contributed by atoms with Crippen LogP contribution in [0.5, 0.6) is 5.75 Å². The molecule has 1 atom stereocenters. The summed E-state index contributed by atoms with van der Waals surface area (Å²) in [6.45, 7) is 8.14. The fraction of sp³-hybridized carbons (Fsp3) is 0.625. The molecule has 1 fully saturated rings. The lowest BCUT2D eigenvalue weighted by molar-refractivity contribution is 0.189. The Balaban J connectivity index is 1.81. The van der Waals surface area contributed by atoms with Gasteiger partial charge in [0, 0.05) is 12.1 Å². The van der Waals surface area contributed by atoms with Crippen LogP contribution >= 0.6 is 0 Å². The summed E-state index contributed by atoms with van der Waals surface area (Å²) in [4.78, 5) is 2.49. The van der Waals surface area contributed by atoms with Gasteiger partial charge in [-0.05, 0) is 58.3 Å². The molecule has 1 aliphatic heterocycles. The van der Waals surface area contributed by atoms with Crippen LogP contribution in [-0.2, 0) is 0 Å². The average Bonchev–Trinajstić information content (AvgIpc) is 2.89. The zero-order valence-electron chi connectivity index (χ0n) is 12.1. The zero-order valence-corrected chi connectivity index (χ0v) is 12.1. The van der Waals surface area contributed by atoms with Gasteiger partial charge in [-0.3, -0.25) is 0 Å². The van der Waals surface area contributed by atoms with Gasteiger partial charge in [0.15, 0.2) is 0 Å². The second-order valence-electron chi connectivity index (χ2n) is 5.47. The Bertz CT molecular complexity index is 398. The minimum Gasteiger partial charge on any atom is -0.493 e. The second-order valence-corrected chi connectivity index (χ2v) is 5.47. The highest BCUT2D eigenvalue weighted by Crippen LogP contribution is 2.26. The topological polar surface area (TPSA) is 32.7 Å². The maximum Gasteiger partial charge on any atom is 0.125 e. The Morgan fingerprint density at radius 2 is 2.05 bits per heavy atom. The number of aliphatic hydroxyl groups is 1. The molecule has 0 radical (unpaired) electrons. The van der Waals surface area contributed by atoms with Crippen LogP contribution in [0.1, 0.15) is 43.4 Å². The lowest BCUT2D eigenvalue weighted by Crippen LogP contribution is -2.22. The van der Waals surface area contributed by atoms with Gasteiger partial charge < -0.3 is 14.7 Å². The van der Waals surface area contributed by atoms with Crippen LogP contribution in [0.25, 0.3) is 0 Å². The van der Waals surface area contributed by atoms with E-state index in [9.17, 15) is 5.11 Å². The molecule has 0 aliphatic carbocycles. The van der Waals surface area contributed by atoms with Gasteiger partial charge in [-0.25, -0.2) is 0 Å². The molecule has 2 rings (SSSR count). The van der Waals surface area contributed by atoms with Crippen LogP contribution in [0.15, 0.2) is 18.2 Å². The van der Waals surface area contributed by atoms with Gasteiger partial charge in [0.1, 0.15) is 5.75 Å². The quantitative estimate of drug-likeness (QED) is 0.801. The van der Waals surface area contributed by atoms with Crippen LogP contribution in [0.2, 0.25) is 0 Å². The SMILES string of the molecule is Cc1ccc(OCCCN2CCCC2)c([C@H](C)O)c1. The van der Waals surface area contributed by atoms with Crippen molar-refractivity contribution in [2.24, 2.45) is 0 Å². The van der Waals surface area contributed by atoms with Crippen molar-refractivity contribution in [3.05, 3.63) is 29.3 Å². The van der Waals surface area contributed by atoms with E-state index in [-0.39, 0.29) is 0 Å². The van der Waals surface area contributed by atoms with E-state index in [1.807, 2.05) is 25.1 Å². The summed E-state index contributed by atoms with van der Waals surface area (Å²) >= 11 is 0. The third kappa shape index (κ3) is 4.22. The number of aliphatic hydroxyl groups excluding tert-OH is 1. The summed E-state index contributed by atoms with van der Waals surface area (Å²) in [5.74, 6) is 0.821. The van der Waals surface area contributed by atoms with Crippen molar-refractivity contribution in [2.45, 2.75) is 39.2 Å². The number of nitrogens with zero attached hydrogens (tertiary/aromatic N) is 1. The maximum absolute atomic E-state index is 9.77. The highest BCUT2D eigenvalue weighted by molar-refractivity contribution is 5.38. The van der Waals surface area contributed by atoms with E-state index in [1.165, 1.54) is 25.9 Å². The number of ether oxygens (including phenoxy) is 1. The van der Waals surface area contributed by atoms with Crippen molar-refractivity contribution in [3.63, 3.8) is 0 Å². The van der Waals surface area contributed by atoms with Crippen molar-refractivity contribution in [1.29, 1.82) is 0 Å². The van der Waals surface area contributed by atoms with E-state index in [1.54, 1.807) is 6.92 Å². The molecule has 1 aromatic carbocycles. The minimum absolute atomic E-state index is 0.478. The van der Waals surface area contributed by atoms with Gasteiger partial charge in [-0.2, -0.15) is 0 Å². The Morgan fingerprint density at radius 1 is 1.32 bits per heavy atom. The Labute approximate surface area is 116 Å². The Hall–Kier alpha value is -1.06. The molecule has 0 saturated carbocycles. The van der Waals surface area contributed by atoms with E-state index in [2.05, 4.69) is 4.90 Å². The van der Waals surface area contributed by atoms with Gasteiger partial charge in [0.2, 0.25) is 0 Å². The molecule has 0 aromatic heterocycles. The van der Waals surface area contributed by atoms with Crippen LogP contribution in [-0.4, -0.2) is 36.2 Å². The summed E-state index contributed by atoms with van der Waals surface area (Å²) in [5, 5.41) is 9.77. The van der Waals surface area contributed by atoms with Crippen molar-refractivity contribution in [2.75, 3.05) is 26.2 Å². The van der Waals surface area contributed by atoms with Crippen LogP contribution in [0.4, 0.5) is 0 Å². The molecule has 19 heavy (non-hydrogen) atoms. The predicted molar refractivity (Wildman–Crippen MR) is 77.6 cm³/mol. The first kappa shape index (κ1) is 14.4. The maximum atomic E-state index is 9.77. The Morgan fingerprint density at radius 3 is 2.74 bits per heavy atom. The number of hydrogen-bond donors (Lipinski definition) is 1. The van der Waals surface area contributed by atoms with E-state index in [0.717, 1.165) is 36.4 Å². The molecule has 0 bridgehead atoms. The molecule has 1 saturated heterocycles. The number of likely N-dealkylation sites (tertiary alicyclic amines) is 1. The molecular formula is C16H25NO2. The summed E-state index contributed by atoms with van der Waals surface area (Å²) < 4.78 is 5.83. The fourth-order valence-electron chi connectivity index (χ4n) is 2.60. The molecule has 0 spiro atoms. The molecule has 1 aromatic rings. The van der Waals surface area contributed by atoms with Gasteiger partial charge in [-0.15, -0.1) is 0 Å².